The standard InChI is InChI=1S/C9H16N2O2/c12-9(4-13-5-9)8-7-2-1-6(11-7)3-10-8/h6-8,10-12H,1-5H2. The van der Waals surface area contributed by atoms with E-state index >= 15 is 0 Å². The molecule has 3 aliphatic rings. The summed E-state index contributed by atoms with van der Waals surface area (Å²) in [4.78, 5) is 0. The highest BCUT2D eigenvalue weighted by molar-refractivity contribution is 5.08. The van der Waals surface area contributed by atoms with Crippen LogP contribution in [0.25, 0.3) is 0 Å². The predicted molar refractivity (Wildman–Crippen MR) is 47.5 cm³/mol. The van der Waals surface area contributed by atoms with Crippen LogP contribution in [0.15, 0.2) is 0 Å². The second kappa shape index (κ2) is 2.67. The highest BCUT2D eigenvalue weighted by Gasteiger charge is 2.50. The number of ether oxygens (including phenoxy) is 1. The highest BCUT2D eigenvalue weighted by atomic mass is 16.5. The molecule has 3 fully saturated rings. The molecule has 3 saturated heterocycles. The van der Waals surface area contributed by atoms with Crippen molar-refractivity contribution < 1.29 is 9.84 Å². The molecule has 4 heteroatoms. The highest BCUT2D eigenvalue weighted by Crippen LogP contribution is 2.30. The average Bonchev–Trinajstić information content (AvgIpc) is 2.45. The molecule has 74 valence electrons. The van der Waals surface area contributed by atoms with Crippen LogP contribution in [0.3, 0.4) is 0 Å². The molecule has 3 aliphatic heterocycles. The molecule has 4 nitrogen and oxygen atoms in total. The summed E-state index contributed by atoms with van der Waals surface area (Å²) < 4.78 is 5.08. The van der Waals surface area contributed by atoms with Gasteiger partial charge in [-0.15, -0.1) is 0 Å². The fourth-order valence-corrected chi connectivity index (χ4v) is 2.74. The van der Waals surface area contributed by atoms with Gasteiger partial charge in [0.1, 0.15) is 5.60 Å². The summed E-state index contributed by atoms with van der Waals surface area (Å²) in [6, 6.07) is 1.28. The number of piperazine rings is 1. The zero-order chi connectivity index (χ0) is 8.89. The number of aliphatic hydroxyl groups is 1. The maximum Gasteiger partial charge on any atom is 0.128 e. The van der Waals surface area contributed by atoms with Crippen molar-refractivity contribution in [2.45, 2.75) is 36.6 Å². The van der Waals surface area contributed by atoms with Gasteiger partial charge in [0.15, 0.2) is 0 Å². The molecule has 0 saturated carbocycles. The molecule has 3 N–H and O–H groups in total. The normalized spacial score (nSPS) is 47.3. The molecule has 0 radical (unpaired) electrons. The van der Waals surface area contributed by atoms with Gasteiger partial charge in [0.25, 0.3) is 0 Å². The first-order valence-corrected chi connectivity index (χ1v) is 5.07. The molecule has 0 spiro atoms. The van der Waals surface area contributed by atoms with Crippen LogP contribution in [0, 0.1) is 0 Å². The largest absolute Gasteiger partial charge is 0.383 e. The van der Waals surface area contributed by atoms with Crippen molar-refractivity contribution in [3.63, 3.8) is 0 Å². The van der Waals surface area contributed by atoms with E-state index in [-0.39, 0.29) is 6.04 Å². The predicted octanol–water partition coefficient (Wildman–Crippen LogP) is -1.16. The van der Waals surface area contributed by atoms with Gasteiger partial charge in [-0.1, -0.05) is 0 Å². The van der Waals surface area contributed by atoms with Gasteiger partial charge in [-0.2, -0.15) is 0 Å². The van der Waals surface area contributed by atoms with Gasteiger partial charge in [0.05, 0.1) is 19.3 Å². The zero-order valence-electron chi connectivity index (χ0n) is 7.62. The molecular weight excluding hydrogens is 168 g/mol. The van der Waals surface area contributed by atoms with Crippen LogP contribution in [-0.4, -0.2) is 48.6 Å². The average molecular weight is 184 g/mol. The van der Waals surface area contributed by atoms with Crippen LogP contribution < -0.4 is 10.6 Å². The monoisotopic (exact) mass is 184 g/mol. The van der Waals surface area contributed by atoms with Crippen molar-refractivity contribution in [2.75, 3.05) is 19.8 Å². The van der Waals surface area contributed by atoms with E-state index in [4.69, 9.17) is 4.74 Å². The number of hydrogen-bond acceptors (Lipinski definition) is 4. The third kappa shape index (κ3) is 1.13. The van der Waals surface area contributed by atoms with Crippen molar-refractivity contribution in [3.8, 4) is 0 Å². The minimum absolute atomic E-state index is 0.194. The molecule has 3 rings (SSSR count). The fourth-order valence-electron chi connectivity index (χ4n) is 2.74. The molecule has 2 bridgehead atoms. The molecule has 3 heterocycles. The van der Waals surface area contributed by atoms with Crippen LogP contribution >= 0.6 is 0 Å². The summed E-state index contributed by atoms with van der Waals surface area (Å²) in [7, 11) is 0. The molecule has 0 aliphatic carbocycles. The molecule has 0 aromatic carbocycles. The minimum Gasteiger partial charge on any atom is -0.383 e. The first-order chi connectivity index (χ1) is 6.28. The Hall–Kier alpha value is -0.160. The van der Waals surface area contributed by atoms with Gasteiger partial charge < -0.3 is 20.5 Å². The van der Waals surface area contributed by atoms with E-state index in [2.05, 4.69) is 10.6 Å². The number of fused-ring (bicyclic) bond motifs is 2. The van der Waals surface area contributed by atoms with Gasteiger partial charge in [0, 0.05) is 18.6 Å². The Morgan fingerprint density at radius 2 is 2.15 bits per heavy atom. The maximum atomic E-state index is 10.1. The van der Waals surface area contributed by atoms with Gasteiger partial charge in [-0.05, 0) is 12.8 Å². The summed E-state index contributed by atoms with van der Waals surface area (Å²) in [6.45, 7) is 1.98. The summed E-state index contributed by atoms with van der Waals surface area (Å²) in [5.74, 6) is 0. The summed E-state index contributed by atoms with van der Waals surface area (Å²) in [5, 5.41) is 17.1. The van der Waals surface area contributed by atoms with Crippen molar-refractivity contribution in [2.24, 2.45) is 0 Å². The second-order valence-corrected chi connectivity index (χ2v) is 4.53. The minimum atomic E-state index is -0.604. The Morgan fingerprint density at radius 1 is 1.31 bits per heavy atom. The molecule has 13 heavy (non-hydrogen) atoms. The van der Waals surface area contributed by atoms with Crippen LogP contribution in [0.4, 0.5) is 0 Å². The van der Waals surface area contributed by atoms with Crippen molar-refractivity contribution in [3.05, 3.63) is 0 Å². The molecule has 3 unspecified atom stereocenters. The molecule has 0 aromatic heterocycles. The van der Waals surface area contributed by atoms with Gasteiger partial charge in [0.2, 0.25) is 0 Å². The second-order valence-electron chi connectivity index (χ2n) is 4.53. The lowest BCUT2D eigenvalue weighted by molar-refractivity contribution is -0.199. The van der Waals surface area contributed by atoms with Crippen molar-refractivity contribution in [1.29, 1.82) is 0 Å². The Bertz CT molecular complexity index is 218. The van der Waals surface area contributed by atoms with E-state index in [0.717, 1.165) is 6.54 Å². The first kappa shape index (κ1) is 8.17. The van der Waals surface area contributed by atoms with Gasteiger partial charge in [-0.3, -0.25) is 0 Å². The fraction of sp³-hybridized carbons (Fsp3) is 1.00. The van der Waals surface area contributed by atoms with Crippen molar-refractivity contribution >= 4 is 0 Å². The van der Waals surface area contributed by atoms with E-state index in [0.29, 0.717) is 25.3 Å². The summed E-state index contributed by atoms with van der Waals surface area (Å²) in [6.07, 6.45) is 2.43. The van der Waals surface area contributed by atoms with E-state index in [1.54, 1.807) is 0 Å². The third-order valence-electron chi connectivity index (χ3n) is 3.55. The Balaban J connectivity index is 1.76. The maximum absolute atomic E-state index is 10.1. The number of nitrogens with one attached hydrogen (secondary N) is 2. The molecule has 3 atom stereocenters. The van der Waals surface area contributed by atoms with E-state index in [1.165, 1.54) is 12.8 Å². The Kier molecular flexibility index (Phi) is 1.68. The summed E-state index contributed by atoms with van der Waals surface area (Å²) >= 11 is 0. The smallest absolute Gasteiger partial charge is 0.128 e. The van der Waals surface area contributed by atoms with E-state index in [1.807, 2.05) is 0 Å². The molecule has 0 aromatic rings. The molecule has 0 amide bonds. The van der Waals surface area contributed by atoms with Crippen LogP contribution in [-0.2, 0) is 4.74 Å². The lowest BCUT2D eigenvalue weighted by Gasteiger charge is -2.47. The number of hydrogen-bond donors (Lipinski definition) is 3. The van der Waals surface area contributed by atoms with Crippen molar-refractivity contribution in [1.82, 2.24) is 10.6 Å². The lowest BCUT2D eigenvalue weighted by atomic mass is 9.86. The lowest BCUT2D eigenvalue weighted by Crippen LogP contribution is -2.71. The topological polar surface area (TPSA) is 53.5 Å². The SMILES string of the molecule is OC1(C2NCC3CCC2N3)COC1. The van der Waals surface area contributed by atoms with Crippen LogP contribution in [0.2, 0.25) is 0 Å². The zero-order valence-corrected chi connectivity index (χ0v) is 7.62. The van der Waals surface area contributed by atoms with E-state index < -0.39 is 5.60 Å². The number of rotatable bonds is 1. The van der Waals surface area contributed by atoms with Crippen LogP contribution in [0.5, 0.6) is 0 Å². The molecular formula is C9H16N2O2. The quantitative estimate of drug-likeness (QED) is 0.481. The van der Waals surface area contributed by atoms with Gasteiger partial charge >= 0.3 is 0 Å². The Morgan fingerprint density at radius 3 is 2.85 bits per heavy atom. The van der Waals surface area contributed by atoms with E-state index in [9.17, 15) is 5.11 Å². The third-order valence-corrected chi connectivity index (χ3v) is 3.55. The van der Waals surface area contributed by atoms with Gasteiger partial charge in [-0.25, -0.2) is 0 Å². The Labute approximate surface area is 77.6 Å². The first-order valence-electron chi connectivity index (χ1n) is 5.07. The summed E-state index contributed by atoms with van der Waals surface area (Å²) in [5.41, 5.74) is -0.604. The van der Waals surface area contributed by atoms with Crippen LogP contribution in [0.1, 0.15) is 12.8 Å².